The molecule has 0 amide bonds. The average molecular weight is 302 g/mol. The number of nitrogens with two attached hydrogens (primary N) is 1. The molecule has 0 bridgehead atoms. The summed E-state index contributed by atoms with van der Waals surface area (Å²) in [6.45, 7) is 4.68. The monoisotopic (exact) mass is 301 g/mol. The van der Waals surface area contributed by atoms with E-state index in [0.29, 0.717) is 6.61 Å². The number of hydrogen-bond donors (Lipinski definition) is 1. The molecule has 0 radical (unpaired) electrons. The Bertz CT molecular complexity index is 357. The minimum Gasteiger partial charge on any atom is -0.496 e. The molecule has 1 rings (SSSR count). The van der Waals surface area contributed by atoms with Gasteiger partial charge in [0.1, 0.15) is 5.75 Å². The molecule has 1 aromatic rings. The van der Waals surface area contributed by atoms with Gasteiger partial charge in [0.15, 0.2) is 0 Å². The van der Waals surface area contributed by atoms with Crippen molar-refractivity contribution in [3.05, 3.63) is 28.2 Å². The van der Waals surface area contributed by atoms with Crippen molar-refractivity contribution in [3.8, 4) is 5.75 Å². The Kier molecular flexibility index (Phi) is 5.95. The van der Waals surface area contributed by atoms with Crippen molar-refractivity contribution in [1.29, 1.82) is 0 Å². The highest BCUT2D eigenvalue weighted by Crippen LogP contribution is 2.26. The summed E-state index contributed by atoms with van der Waals surface area (Å²) in [5, 5.41) is 0. The Labute approximate surface area is 111 Å². The van der Waals surface area contributed by atoms with E-state index in [4.69, 9.17) is 15.2 Å². The van der Waals surface area contributed by atoms with Crippen molar-refractivity contribution in [2.75, 3.05) is 13.7 Å². The van der Waals surface area contributed by atoms with Gasteiger partial charge in [-0.2, -0.15) is 0 Å². The van der Waals surface area contributed by atoms with Gasteiger partial charge in [-0.05, 0) is 53.9 Å². The van der Waals surface area contributed by atoms with Crippen molar-refractivity contribution in [3.63, 3.8) is 0 Å². The van der Waals surface area contributed by atoms with Crippen LogP contribution in [0.1, 0.15) is 19.4 Å². The maximum Gasteiger partial charge on any atom is 0.133 e. The molecule has 4 heteroatoms. The number of benzene rings is 1. The van der Waals surface area contributed by atoms with Gasteiger partial charge in [-0.1, -0.05) is 6.07 Å². The summed E-state index contributed by atoms with van der Waals surface area (Å²) in [6, 6.07) is 6.02. The summed E-state index contributed by atoms with van der Waals surface area (Å²) in [4.78, 5) is 0. The van der Waals surface area contributed by atoms with Gasteiger partial charge in [0.05, 0.1) is 17.7 Å². The van der Waals surface area contributed by atoms with Crippen LogP contribution < -0.4 is 10.5 Å². The van der Waals surface area contributed by atoms with Crippen LogP contribution in [0, 0.1) is 0 Å². The summed E-state index contributed by atoms with van der Waals surface area (Å²) in [6.07, 6.45) is 0.866. The molecule has 0 aliphatic carbocycles. The van der Waals surface area contributed by atoms with Crippen LogP contribution in [-0.4, -0.2) is 25.9 Å². The summed E-state index contributed by atoms with van der Waals surface area (Å²) in [7, 11) is 1.66. The van der Waals surface area contributed by atoms with Gasteiger partial charge < -0.3 is 15.2 Å². The lowest BCUT2D eigenvalue weighted by Crippen LogP contribution is -2.36. The van der Waals surface area contributed by atoms with Crippen LogP contribution >= 0.6 is 15.9 Å². The van der Waals surface area contributed by atoms with E-state index >= 15 is 0 Å². The third kappa shape index (κ3) is 4.30. The van der Waals surface area contributed by atoms with E-state index in [1.165, 1.54) is 5.56 Å². The second kappa shape index (κ2) is 6.99. The van der Waals surface area contributed by atoms with Crippen LogP contribution in [0.3, 0.4) is 0 Å². The predicted octanol–water partition coefficient (Wildman–Crippen LogP) is 2.75. The number of hydrogen-bond acceptors (Lipinski definition) is 3. The van der Waals surface area contributed by atoms with Gasteiger partial charge >= 0.3 is 0 Å². The van der Waals surface area contributed by atoms with E-state index in [1.54, 1.807) is 7.11 Å². The molecule has 1 aromatic carbocycles. The standard InChI is InChI=1S/C13H20BrNO2/c1-4-17-9(2)12(15)8-10-5-6-13(16-3)11(14)7-10/h5-7,9,12H,4,8,15H2,1-3H3. The Morgan fingerprint density at radius 3 is 2.65 bits per heavy atom. The van der Waals surface area contributed by atoms with Gasteiger partial charge in [0.25, 0.3) is 0 Å². The van der Waals surface area contributed by atoms with Crippen LogP contribution in [-0.2, 0) is 11.2 Å². The van der Waals surface area contributed by atoms with E-state index in [0.717, 1.165) is 16.6 Å². The number of methoxy groups -OCH3 is 1. The van der Waals surface area contributed by atoms with Gasteiger partial charge in [0, 0.05) is 12.6 Å². The lowest BCUT2D eigenvalue weighted by atomic mass is 10.0. The Morgan fingerprint density at radius 1 is 1.41 bits per heavy atom. The third-order valence-corrected chi connectivity index (χ3v) is 3.34. The number of halogens is 1. The van der Waals surface area contributed by atoms with Gasteiger partial charge in [-0.15, -0.1) is 0 Å². The van der Waals surface area contributed by atoms with Crippen molar-refractivity contribution in [1.82, 2.24) is 0 Å². The molecule has 0 aromatic heterocycles. The predicted molar refractivity (Wildman–Crippen MR) is 73.5 cm³/mol. The summed E-state index contributed by atoms with van der Waals surface area (Å²) in [5.74, 6) is 0.833. The van der Waals surface area contributed by atoms with Crippen LogP contribution in [0.15, 0.2) is 22.7 Å². The van der Waals surface area contributed by atoms with E-state index in [-0.39, 0.29) is 12.1 Å². The molecular formula is C13H20BrNO2. The molecule has 0 aliphatic rings. The average Bonchev–Trinajstić information content (AvgIpc) is 2.29. The maximum absolute atomic E-state index is 6.08. The highest BCUT2D eigenvalue weighted by Gasteiger charge is 2.13. The largest absolute Gasteiger partial charge is 0.496 e. The number of rotatable bonds is 6. The Morgan fingerprint density at radius 2 is 2.12 bits per heavy atom. The van der Waals surface area contributed by atoms with Gasteiger partial charge in [-0.3, -0.25) is 0 Å². The van der Waals surface area contributed by atoms with Crippen molar-refractivity contribution in [2.24, 2.45) is 5.73 Å². The molecule has 0 spiro atoms. The lowest BCUT2D eigenvalue weighted by molar-refractivity contribution is 0.0577. The molecular weight excluding hydrogens is 282 g/mol. The van der Waals surface area contributed by atoms with Crippen LogP contribution in [0.25, 0.3) is 0 Å². The lowest BCUT2D eigenvalue weighted by Gasteiger charge is -2.20. The van der Waals surface area contributed by atoms with Crippen molar-refractivity contribution >= 4 is 15.9 Å². The molecule has 3 nitrogen and oxygen atoms in total. The molecule has 2 atom stereocenters. The smallest absolute Gasteiger partial charge is 0.133 e. The maximum atomic E-state index is 6.08. The minimum absolute atomic E-state index is 0.00949. The first-order valence-corrected chi connectivity index (χ1v) is 6.57. The normalized spacial score (nSPS) is 14.4. The molecule has 0 aliphatic heterocycles. The molecule has 96 valence electrons. The second-order valence-electron chi connectivity index (χ2n) is 4.00. The minimum atomic E-state index is 0.00949. The SMILES string of the molecule is CCOC(C)C(N)Cc1ccc(OC)c(Br)c1. The fourth-order valence-electron chi connectivity index (χ4n) is 1.66. The van der Waals surface area contributed by atoms with E-state index in [9.17, 15) is 0 Å². The molecule has 17 heavy (non-hydrogen) atoms. The molecule has 2 N–H and O–H groups in total. The first-order chi connectivity index (χ1) is 8.08. The third-order valence-electron chi connectivity index (χ3n) is 2.72. The van der Waals surface area contributed by atoms with Gasteiger partial charge in [0.2, 0.25) is 0 Å². The molecule has 0 saturated heterocycles. The van der Waals surface area contributed by atoms with Crippen molar-refractivity contribution < 1.29 is 9.47 Å². The van der Waals surface area contributed by atoms with Crippen LogP contribution in [0.5, 0.6) is 5.75 Å². The first kappa shape index (κ1) is 14.5. The summed E-state index contributed by atoms with van der Waals surface area (Å²) in [5.41, 5.74) is 7.26. The summed E-state index contributed by atoms with van der Waals surface area (Å²) >= 11 is 3.47. The fourth-order valence-corrected chi connectivity index (χ4v) is 2.25. The van der Waals surface area contributed by atoms with Gasteiger partial charge in [-0.25, -0.2) is 0 Å². The summed E-state index contributed by atoms with van der Waals surface area (Å²) < 4.78 is 11.6. The van der Waals surface area contributed by atoms with Crippen LogP contribution in [0.4, 0.5) is 0 Å². The Balaban J connectivity index is 2.65. The Hall–Kier alpha value is -0.580. The van der Waals surface area contributed by atoms with Crippen molar-refractivity contribution in [2.45, 2.75) is 32.4 Å². The topological polar surface area (TPSA) is 44.5 Å². The molecule has 2 unspecified atom stereocenters. The second-order valence-corrected chi connectivity index (χ2v) is 4.85. The van der Waals surface area contributed by atoms with E-state index in [1.807, 2.05) is 32.0 Å². The zero-order valence-corrected chi connectivity index (χ0v) is 12.2. The molecule has 0 saturated carbocycles. The molecule has 0 fully saturated rings. The quantitative estimate of drug-likeness (QED) is 0.879. The highest BCUT2D eigenvalue weighted by atomic mass is 79.9. The zero-order chi connectivity index (χ0) is 12.8. The highest BCUT2D eigenvalue weighted by molar-refractivity contribution is 9.10. The van der Waals surface area contributed by atoms with E-state index in [2.05, 4.69) is 15.9 Å². The fraction of sp³-hybridized carbons (Fsp3) is 0.538. The zero-order valence-electron chi connectivity index (χ0n) is 10.6. The first-order valence-electron chi connectivity index (χ1n) is 5.78. The van der Waals surface area contributed by atoms with Crippen LogP contribution in [0.2, 0.25) is 0 Å². The van der Waals surface area contributed by atoms with E-state index < -0.39 is 0 Å². The molecule has 0 heterocycles. The number of ether oxygens (including phenoxy) is 2.